The molecule has 0 spiro atoms. The van der Waals surface area contributed by atoms with Gasteiger partial charge < -0.3 is 5.11 Å². The molecule has 0 fully saturated rings. The quantitative estimate of drug-likeness (QED) is 0.500. The first kappa shape index (κ1) is 18.7. The Morgan fingerprint density at radius 3 is 1.74 bits per heavy atom. The van der Waals surface area contributed by atoms with Crippen molar-refractivity contribution < 1.29 is 22.1 Å². The van der Waals surface area contributed by atoms with E-state index in [2.05, 4.69) is 20.8 Å². The first-order valence-corrected chi connectivity index (χ1v) is 10.1. The monoisotopic (exact) mass is 333 g/mol. The maximum Gasteiger partial charge on any atom is -0.172 e. The van der Waals surface area contributed by atoms with Crippen LogP contribution >= 0.6 is 18.6 Å². The van der Waals surface area contributed by atoms with Crippen LogP contribution in [0.5, 0.6) is 5.75 Å². The molecule has 1 N–H and O–H groups in total. The molecule has 0 aliphatic heterocycles. The standard InChI is InChI=1S/C10H14O.C5H5.2ClH.Ti/c1-10(2,3)8-6-4-5-7-9(8)11;1-2-4-5-3-1;;;/h4-7,11H,1-3H3;1-5H;2*1H;/q;-1;;;+2/p-2. The van der Waals surface area contributed by atoms with Crippen LogP contribution in [-0.4, -0.2) is 5.11 Å². The van der Waals surface area contributed by atoms with E-state index in [1.165, 1.54) is 0 Å². The zero-order valence-corrected chi connectivity index (χ0v) is 14.5. The number of hydrogen-bond donors (Lipinski definition) is 1. The summed E-state index contributed by atoms with van der Waals surface area (Å²) in [5.41, 5.74) is 1.03. The van der Waals surface area contributed by atoms with Crippen molar-refractivity contribution in [1.29, 1.82) is 0 Å². The van der Waals surface area contributed by atoms with Crippen LogP contribution in [0.15, 0.2) is 54.6 Å². The van der Waals surface area contributed by atoms with E-state index in [1.807, 2.05) is 48.5 Å². The summed E-state index contributed by atoms with van der Waals surface area (Å²) in [5, 5.41) is 9.45. The Labute approximate surface area is 132 Å². The maximum atomic E-state index is 9.45. The van der Waals surface area contributed by atoms with E-state index in [4.69, 9.17) is 18.6 Å². The molecule has 0 saturated heterocycles. The number of para-hydroxylation sites is 1. The van der Waals surface area contributed by atoms with Crippen molar-refractivity contribution in [1.82, 2.24) is 0 Å². The SMILES string of the molecule is CC(C)(C)c1ccccc1O.[Cl][Ti][Cl].c1cc[cH-]c1. The van der Waals surface area contributed by atoms with Crippen LogP contribution in [0.1, 0.15) is 26.3 Å². The number of hydrogen-bond acceptors (Lipinski definition) is 1. The molecule has 0 amide bonds. The molecular weight excluding hydrogens is 315 g/mol. The van der Waals surface area contributed by atoms with Crippen LogP contribution in [0.3, 0.4) is 0 Å². The predicted octanol–water partition coefficient (Wildman–Crippen LogP) is 5.47. The van der Waals surface area contributed by atoms with Gasteiger partial charge in [0.2, 0.25) is 0 Å². The molecule has 0 aromatic heterocycles. The van der Waals surface area contributed by atoms with Gasteiger partial charge in [0, 0.05) is 0 Å². The summed E-state index contributed by atoms with van der Waals surface area (Å²) in [5.74, 6) is 0.389. The maximum absolute atomic E-state index is 9.45. The predicted molar refractivity (Wildman–Crippen MR) is 80.5 cm³/mol. The third kappa shape index (κ3) is 9.23. The van der Waals surface area contributed by atoms with Crippen molar-refractivity contribution in [3.8, 4) is 5.75 Å². The first-order chi connectivity index (χ1) is 8.93. The molecule has 19 heavy (non-hydrogen) atoms. The van der Waals surface area contributed by atoms with Gasteiger partial charge in [-0.25, -0.2) is 12.1 Å². The Morgan fingerprint density at radius 2 is 1.47 bits per heavy atom. The Bertz CT molecular complexity index is 405. The van der Waals surface area contributed by atoms with Gasteiger partial charge in [-0.3, -0.25) is 0 Å². The number of phenolic OH excluding ortho intramolecular Hbond substituents is 1. The summed E-state index contributed by atoms with van der Waals surface area (Å²) >= 11 is -0.556. The molecule has 0 heterocycles. The molecule has 2 aromatic rings. The molecule has 0 unspecified atom stereocenters. The molecule has 0 radical (unpaired) electrons. The summed E-state index contributed by atoms with van der Waals surface area (Å²) in [6, 6.07) is 17.5. The molecule has 2 rings (SSSR count). The van der Waals surface area contributed by atoms with Crippen molar-refractivity contribution in [3.63, 3.8) is 0 Å². The zero-order chi connectivity index (χ0) is 14.7. The number of phenols is 1. The topological polar surface area (TPSA) is 20.2 Å². The molecule has 104 valence electrons. The second kappa shape index (κ2) is 10.5. The average Bonchev–Trinajstić information content (AvgIpc) is 2.87. The van der Waals surface area contributed by atoms with Gasteiger partial charge in [-0.15, -0.1) is 0 Å². The molecule has 0 bridgehead atoms. The van der Waals surface area contributed by atoms with Gasteiger partial charge in [0.05, 0.1) is 0 Å². The molecule has 1 nitrogen and oxygen atoms in total. The summed E-state index contributed by atoms with van der Waals surface area (Å²) in [6.45, 7) is 6.26. The van der Waals surface area contributed by atoms with E-state index in [0.717, 1.165) is 5.56 Å². The van der Waals surface area contributed by atoms with Crippen molar-refractivity contribution in [2.24, 2.45) is 0 Å². The normalized spacial score (nSPS) is 9.53. The third-order valence-electron chi connectivity index (χ3n) is 2.27. The molecule has 0 atom stereocenters. The van der Waals surface area contributed by atoms with E-state index >= 15 is 0 Å². The Hall–Kier alpha value is -0.336. The summed E-state index contributed by atoms with van der Waals surface area (Å²) in [6.07, 6.45) is 0. The smallest absolute Gasteiger partial charge is 0.172 e. The van der Waals surface area contributed by atoms with E-state index in [1.54, 1.807) is 6.07 Å². The van der Waals surface area contributed by atoms with Crippen molar-refractivity contribution in [2.45, 2.75) is 26.2 Å². The molecule has 0 aliphatic rings. The third-order valence-corrected chi connectivity index (χ3v) is 2.27. The van der Waals surface area contributed by atoms with Gasteiger partial charge in [-0.2, -0.15) is 18.2 Å². The van der Waals surface area contributed by atoms with Gasteiger partial charge in [0.15, 0.2) is 0 Å². The number of halogens is 2. The van der Waals surface area contributed by atoms with E-state index in [0.29, 0.717) is 5.75 Å². The Balaban J connectivity index is 0.000000334. The summed E-state index contributed by atoms with van der Waals surface area (Å²) in [4.78, 5) is 0. The number of benzene rings is 1. The van der Waals surface area contributed by atoms with E-state index in [9.17, 15) is 5.11 Å². The Kier molecular flexibility index (Phi) is 10.3. The van der Waals surface area contributed by atoms with Crippen LogP contribution in [0.25, 0.3) is 0 Å². The fourth-order valence-corrected chi connectivity index (χ4v) is 1.43. The molecule has 0 aliphatic carbocycles. The minimum absolute atomic E-state index is 0.0331. The number of rotatable bonds is 0. The van der Waals surface area contributed by atoms with Crippen LogP contribution in [0, 0.1) is 0 Å². The van der Waals surface area contributed by atoms with Gasteiger partial charge in [-0.1, -0.05) is 39.0 Å². The minimum atomic E-state index is -0.556. The second-order valence-electron chi connectivity index (χ2n) is 4.80. The van der Waals surface area contributed by atoms with Crippen LogP contribution in [0.4, 0.5) is 0 Å². The Morgan fingerprint density at radius 1 is 1.00 bits per heavy atom. The zero-order valence-electron chi connectivity index (χ0n) is 11.4. The van der Waals surface area contributed by atoms with E-state index < -0.39 is 17.0 Å². The van der Waals surface area contributed by atoms with Crippen molar-refractivity contribution in [3.05, 3.63) is 60.2 Å². The van der Waals surface area contributed by atoms with Crippen LogP contribution in [-0.2, 0) is 22.4 Å². The minimum Gasteiger partial charge on any atom is -0.214 e. The fraction of sp³-hybridized carbons (Fsp3) is 0.267. The van der Waals surface area contributed by atoms with E-state index in [-0.39, 0.29) is 5.41 Å². The van der Waals surface area contributed by atoms with Gasteiger partial charge in [0.1, 0.15) is 5.75 Å². The van der Waals surface area contributed by atoms with Gasteiger partial charge >= 0.3 is 35.6 Å². The first-order valence-electron chi connectivity index (χ1n) is 5.85. The van der Waals surface area contributed by atoms with Crippen LogP contribution < -0.4 is 0 Å². The van der Waals surface area contributed by atoms with Crippen LogP contribution in [0.2, 0.25) is 0 Å². The molecule has 2 aromatic carbocycles. The summed E-state index contributed by atoms with van der Waals surface area (Å²) < 4.78 is 0. The second-order valence-corrected chi connectivity index (χ2v) is 7.38. The number of aromatic hydroxyl groups is 1. The van der Waals surface area contributed by atoms with Crippen molar-refractivity contribution in [2.75, 3.05) is 0 Å². The fourth-order valence-electron chi connectivity index (χ4n) is 1.43. The average molecular weight is 334 g/mol. The van der Waals surface area contributed by atoms with Crippen molar-refractivity contribution >= 4 is 18.6 Å². The summed E-state index contributed by atoms with van der Waals surface area (Å²) in [7, 11) is 9.78. The largest absolute Gasteiger partial charge is 0.214 e. The van der Waals surface area contributed by atoms with Gasteiger partial charge in [0.25, 0.3) is 0 Å². The molecular formula is C15H19Cl2OTi-. The molecule has 0 saturated carbocycles. The van der Waals surface area contributed by atoms with Gasteiger partial charge in [-0.05, 0) is 17.0 Å². The molecule has 4 heteroatoms.